The number of amides is 1. The number of rotatable bonds is 9. The number of fused-ring (bicyclic) bond motifs is 2. The highest BCUT2D eigenvalue weighted by Gasteiger charge is 2.22. The van der Waals surface area contributed by atoms with Gasteiger partial charge in [-0.05, 0) is 45.4 Å². The molecule has 14 heteroatoms. The first-order chi connectivity index (χ1) is 20.6. The quantitative estimate of drug-likeness (QED) is 0.205. The van der Waals surface area contributed by atoms with E-state index in [1.54, 1.807) is 26.1 Å². The third-order valence-electron chi connectivity index (χ3n) is 6.27. The summed E-state index contributed by atoms with van der Waals surface area (Å²) in [6, 6.07) is 6.78. The number of ether oxygens (including phenoxy) is 4. The van der Waals surface area contributed by atoms with Gasteiger partial charge in [-0.15, -0.1) is 11.3 Å². The van der Waals surface area contributed by atoms with Gasteiger partial charge in [0.15, 0.2) is 11.6 Å². The van der Waals surface area contributed by atoms with Gasteiger partial charge in [-0.1, -0.05) is 0 Å². The van der Waals surface area contributed by atoms with Crippen LogP contribution >= 0.6 is 11.3 Å². The van der Waals surface area contributed by atoms with Crippen LogP contribution in [0.4, 0.5) is 14.9 Å². The first-order valence-electron chi connectivity index (χ1n) is 13.2. The van der Waals surface area contributed by atoms with Crippen molar-refractivity contribution in [2.45, 2.75) is 39.9 Å². The molecule has 2 atom stereocenters. The maximum atomic E-state index is 15.1. The van der Waals surface area contributed by atoms with Gasteiger partial charge in [0.25, 0.3) is 0 Å². The maximum absolute atomic E-state index is 15.1. The number of nitrogens with one attached hydrogen (secondary N) is 1. The van der Waals surface area contributed by atoms with Crippen molar-refractivity contribution in [1.29, 1.82) is 0 Å². The predicted molar refractivity (Wildman–Crippen MR) is 157 cm³/mol. The molecule has 3 aromatic heterocycles. The summed E-state index contributed by atoms with van der Waals surface area (Å²) in [5, 5.41) is 3.12. The Labute approximate surface area is 249 Å². The molecule has 5 aromatic rings. The van der Waals surface area contributed by atoms with Gasteiger partial charge in [0, 0.05) is 17.7 Å². The van der Waals surface area contributed by atoms with Crippen LogP contribution in [0.25, 0.3) is 31.8 Å². The summed E-state index contributed by atoms with van der Waals surface area (Å²) >= 11 is 1.37. The van der Waals surface area contributed by atoms with Gasteiger partial charge < -0.3 is 18.9 Å². The number of thiazole rings is 1. The van der Waals surface area contributed by atoms with E-state index in [-0.39, 0.29) is 17.3 Å². The molecule has 0 aliphatic rings. The van der Waals surface area contributed by atoms with Crippen LogP contribution in [-0.4, -0.2) is 62.9 Å². The SMILES string of the molecule is CCOc1cnc2c(-c3nc4cc(F)c(O[C@@H](C)[C@@H](C)OC(=O)Nc5cnc(C(=O)OC)nc5)cc4s3)cc(C)cc2n1. The minimum absolute atomic E-state index is 0.00638. The molecule has 12 nitrogen and oxygen atoms in total. The van der Waals surface area contributed by atoms with E-state index in [9.17, 15) is 9.59 Å². The molecule has 5 rings (SSSR count). The second-order valence-electron chi connectivity index (χ2n) is 9.44. The van der Waals surface area contributed by atoms with Crippen LogP contribution in [0.3, 0.4) is 0 Å². The number of aryl methyl sites for hydroxylation is 1. The zero-order valence-corrected chi connectivity index (χ0v) is 24.7. The molecular formula is C29H27FN6O6S. The Morgan fingerprint density at radius 2 is 1.77 bits per heavy atom. The van der Waals surface area contributed by atoms with Gasteiger partial charge >= 0.3 is 12.1 Å². The minimum atomic E-state index is -0.803. The minimum Gasteiger partial charge on any atom is -0.484 e. The molecule has 0 saturated heterocycles. The Kier molecular flexibility index (Phi) is 8.57. The molecule has 0 fully saturated rings. The number of carbonyl (C=O) groups is 2. The van der Waals surface area contributed by atoms with E-state index in [1.165, 1.54) is 36.9 Å². The molecule has 1 N–H and O–H groups in total. The van der Waals surface area contributed by atoms with E-state index in [4.69, 9.17) is 14.2 Å². The van der Waals surface area contributed by atoms with Crippen molar-refractivity contribution in [3.63, 3.8) is 0 Å². The van der Waals surface area contributed by atoms with E-state index in [2.05, 4.69) is 35.0 Å². The number of carbonyl (C=O) groups excluding carboxylic acids is 2. The first kappa shape index (κ1) is 29.5. The smallest absolute Gasteiger partial charge is 0.412 e. The summed E-state index contributed by atoms with van der Waals surface area (Å²) in [4.78, 5) is 45.2. The Hall–Kier alpha value is -4.98. The number of halogens is 1. The highest BCUT2D eigenvalue weighted by Crippen LogP contribution is 2.37. The Morgan fingerprint density at radius 1 is 1.00 bits per heavy atom. The number of aromatic nitrogens is 5. The van der Waals surface area contributed by atoms with Gasteiger partial charge in [0.2, 0.25) is 11.7 Å². The average Bonchev–Trinajstić information content (AvgIpc) is 3.39. The van der Waals surface area contributed by atoms with Gasteiger partial charge in [-0.25, -0.2) is 38.9 Å². The van der Waals surface area contributed by atoms with Gasteiger partial charge in [0.1, 0.15) is 17.2 Å². The molecule has 0 radical (unpaired) electrons. The van der Waals surface area contributed by atoms with E-state index in [0.717, 1.165) is 11.1 Å². The van der Waals surface area contributed by atoms with Crippen molar-refractivity contribution in [2.75, 3.05) is 19.0 Å². The lowest BCUT2D eigenvalue weighted by Crippen LogP contribution is -2.32. The van der Waals surface area contributed by atoms with Gasteiger partial charge in [0.05, 0.1) is 59.2 Å². The number of hydrogen-bond acceptors (Lipinski definition) is 12. The second kappa shape index (κ2) is 12.5. The third kappa shape index (κ3) is 6.59. The lowest BCUT2D eigenvalue weighted by atomic mass is 10.1. The summed E-state index contributed by atoms with van der Waals surface area (Å²) in [6.45, 7) is 7.58. The fourth-order valence-electron chi connectivity index (χ4n) is 4.06. The Morgan fingerprint density at radius 3 is 2.49 bits per heavy atom. The predicted octanol–water partition coefficient (Wildman–Crippen LogP) is 5.73. The van der Waals surface area contributed by atoms with Crippen molar-refractivity contribution in [3.8, 4) is 22.2 Å². The lowest BCUT2D eigenvalue weighted by molar-refractivity contribution is 0.0402. The summed E-state index contributed by atoms with van der Waals surface area (Å²) < 4.78 is 37.0. The summed E-state index contributed by atoms with van der Waals surface area (Å²) in [5.41, 5.74) is 3.76. The first-order valence-corrected chi connectivity index (χ1v) is 14.0. The van der Waals surface area contributed by atoms with Crippen molar-refractivity contribution < 1.29 is 32.9 Å². The normalized spacial score (nSPS) is 12.5. The van der Waals surface area contributed by atoms with E-state index < -0.39 is 30.1 Å². The largest absolute Gasteiger partial charge is 0.484 e. The number of benzene rings is 2. The van der Waals surface area contributed by atoms with Crippen LogP contribution in [0.1, 0.15) is 37.0 Å². The number of esters is 1. The third-order valence-corrected chi connectivity index (χ3v) is 7.32. The molecule has 0 aliphatic carbocycles. The fourth-order valence-corrected chi connectivity index (χ4v) is 5.05. The number of hydrogen-bond donors (Lipinski definition) is 1. The highest BCUT2D eigenvalue weighted by atomic mass is 32.1. The number of methoxy groups -OCH3 is 1. The van der Waals surface area contributed by atoms with Crippen LogP contribution in [0, 0.1) is 12.7 Å². The van der Waals surface area contributed by atoms with E-state index in [0.29, 0.717) is 38.7 Å². The lowest BCUT2D eigenvalue weighted by Gasteiger charge is -2.22. The molecule has 222 valence electrons. The number of nitrogens with zero attached hydrogens (tertiary/aromatic N) is 5. The van der Waals surface area contributed by atoms with Crippen molar-refractivity contribution in [3.05, 3.63) is 60.1 Å². The van der Waals surface area contributed by atoms with E-state index >= 15 is 4.39 Å². The molecule has 0 aliphatic heterocycles. The standard InChI is InChI=1S/C29H27FN6O6S/c1-6-40-24-13-31-25-18(7-14(2)8-21(25)35-24)27-36-20-9-19(30)22(10-23(20)43-27)41-15(3)16(4)42-29(38)34-17-11-32-26(33-12-17)28(37)39-5/h7-13,15-16H,6H2,1-5H3,(H,34,38)/t15-,16+/m0/s1. The van der Waals surface area contributed by atoms with Crippen molar-refractivity contribution in [2.24, 2.45) is 0 Å². The molecular weight excluding hydrogens is 579 g/mol. The maximum Gasteiger partial charge on any atom is 0.412 e. The highest BCUT2D eigenvalue weighted by molar-refractivity contribution is 7.21. The zero-order valence-electron chi connectivity index (χ0n) is 23.9. The topological polar surface area (TPSA) is 148 Å². The number of anilines is 1. The monoisotopic (exact) mass is 606 g/mol. The zero-order chi connectivity index (χ0) is 30.7. The average molecular weight is 607 g/mol. The van der Waals surface area contributed by atoms with Gasteiger partial charge in [-0.2, -0.15) is 0 Å². The molecule has 0 bridgehead atoms. The van der Waals surface area contributed by atoms with Crippen LogP contribution in [0.5, 0.6) is 11.6 Å². The molecule has 0 saturated carbocycles. The Bertz CT molecular complexity index is 1820. The van der Waals surface area contributed by atoms with Crippen molar-refractivity contribution >= 4 is 50.3 Å². The molecule has 3 heterocycles. The molecule has 2 aromatic carbocycles. The second-order valence-corrected chi connectivity index (χ2v) is 10.5. The molecule has 0 spiro atoms. The summed E-state index contributed by atoms with van der Waals surface area (Å²) in [7, 11) is 1.21. The van der Waals surface area contributed by atoms with Crippen molar-refractivity contribution in [1.82, 2.24) is 24.9 Å². The van der Waals surface area contributed by atoms with E-state index in [1.807, 2.05) is 26.0 Å². The van der Waals surface area contributed by atoms with Gasteiger partial charge in [-0.3, -0.25) is 5.32 Å². The summed E-state index contributed by atoms with van der Waals surface area (Å²) in [6.07, 6.45) is 1.78. The van der Waals surface area contributed by atoms with Crippen LogP contribution < -0.4 is 14.8 Å². The van der Waals surface area contributed by atoms with Crippen LogP contribution in [0.15, 0.2) is 42.9 Å². The Balaban J connectivity index is 1.30. The molecule has 1 amide bonds. The fraction of sp³-hybridized carbons (Fsp3) is 0.276. The van der Waals surface area contributed by atoms with Crippen LogP contribution in [0.2, 0.25) is 0 Å². The molecule has 0 unspecified atom stereocenters. The molecule has 43 heavy (non-hydrogen) atoms. The van der Waals surface area contributed by atoms with Crippen LogP contribution in [-0.2, 0) is 9.47 Å². The summed E-state index contributed by atoms with van der Waals surface area (Å²) in [5.74, 6) is -1.03.